The number of hydrogen-bond acceptors (Lipinski definition) is 5. The van der Waals surface area contributed by atoms with Crippen molar-refractivity contribution in [2.75, 3.05) is 5.75 Å². The molecule has 2 atom stereocenters. The molecular weight excluding hydrogens is 214 g/mol. The monoisotopic (exact) mass is 225 g/mol. The van der Waals surface area contributed by atoms with E-state index < -0.39 is 0 Å². The van der Waals surface area contributed by atoms with Crippen LogP contribution in [0.5, 0.6) is 0 Å². The third-order valence-electron chi connectivity index (χ3n) is 2.11. The Morgan fingerprint density at radius 1 is 1.50 bits per heavy atom. The minimum absolute atomic E-state index is 0.117. The highest BCUT2D eigenvalue weighted by Gasteiger charge is 2.24. The molecule has 1 aliphatic heterocycles. The molecule has 2 unspecified atom stereocenters. The van der Waals surface area contributed by atoms with Gasteiger partial charge in [0.15, 0.2) is 5.17 Å². The van der Waals surface area contributed by atoms with Crippen LogP contribution < -0.4 is 5.73 Å². The fourth-order valence-electron chi connectivity index (χ4n) is 1.35. The van der Waals surface area contributed by atoms with Crippen LogP contribution in [-0.2, 0) is 0 Å². The van der Waals surface area contributed by atoms with E-state index in [1.54, 1.807) is 24.2 Å². The largest absolute Gasteiger partial charge is 0.379 e. The summed E-state index contributed by atoms with van der Waals surface area (Å²) in [6.45, 7) is 0. The third-order valence-corrected chi connectivity index (χ3v) is 3.66. The van der Waals surface area contributed by atoms with Gasteiger partial charge in [-0.3, -0.25) is 9.98 Å². The number of nitrogens with zero attached hydrogens (tertiary/aromatic N) is 2. The summed E-state index contributed by atoms with van der Waals surface area (Å²) in [6, 6.07) is 4.12. The van der Waals surface area contributed by atoms with E-state index >= 15 is 0 Å². The van der Waals surface area contributed by atoms with Crippen molar-refractivity contribution in [2.45, 2.75) is 11.3 Å². The lowest BCUT2D eigenvalue weighted by molar-refractivity contribution is 0.747. The van der Waals surface area contributed by atoms with Crippen LogP contribution >= 0.6 is 24.4 Å². The number of pyridine rings is 1. The second-order valence-corrected chi connectivity index (χ2v) is 4.67. The van der Waals surface area contributed by atoms with E-state index in [2.05, 4.69) is 22.6 Å². The van der Waals surface area contributed by atoms with Gasteiger partial charge in [0.1, 0.15) is 0 Å². The molecule has 5 heteroatoms. The SMILES string of the molecule is NC1=NC(C(S)c2ccncc2)CS1. The molecule has 74 valence electrons. The van der Waals surface area contributed by atoms with Crippen molar-refractivity contribution in [3.8, 4) is 0 Å². The molecule has 0 saturated carbocycles. The summed E-state index contributed by atoms with van der Waals surface area (Å²) in [7, 11) is 0. The van der Waals surface area contributed by atoms with Gasteiger partial charge in [0.25, 0.3) is 0 Å². The quantitative estimate of drug-likeness (QED) is 0.750. The molecule has 0 saturated heterocycles. The van der Waals surface area contributed by atoms with Crippen LogP contribution in [0.1, 0.15) is 10.8 Å². The number of thioether (sulfide) groups is 1. The molecule has 0 fully saturated rings. The van der Waals surface area contributed by atoms with Crippen LogP contribution in [0.2, 0.25) is 0 Å². The molecule has 0 spiro atoms. The van der Waals surface area contributed by atoms with Crippen LogP contribution in [0.15, 0.2) is 29.5 Å². The Bertz CT molecular complexity index is 339. The van der Waals surface area contributed by atoms with Gasteiger partial charge in [-0.05, 0) is 17.7 Å². The highest BCUT2D eigenvalue weighted by molar-refractivity contribution is 8.14. The molecule has 1 aromatic rings. The fraction of sp³-hybridized carbons (Fsp3) is 0.333. The van der Waals surface area contributed by atoms with Crippen LogP contribution in [0.25, 0.3) is 0 Å². The molecule has 2 N–H and O–H groups in total. The predicted molar refractivity (Wildman–Crippen MR) is 63.8 cm³/mol. The van der Waals surface area contributed by atoms with E-state index in [1.807, 2.05) is 12.1 Å². The number of aromatic nitrogens is 1. The van der Waals surface area contributed by atoms with Crippen molar-refractivity contribution in [1.29, 1.82) is 0 Å². The van der Waals surface area contributed by atoms with Crippen LogP contribution in [0, 0.1) is 0 Å². The second-order valence-electron chi connectivity index (χ2n) is 3.07. The Morgan fingerprint density at radius 2 is 2.21 bits per heavy atom. The first kappa shape index (κ1) is 9.86. The Labute approximate surface area is 92.6 Å². The van der Waals surface area contributed by atoms with Crippen molar-refractivity contribution in [3.63, 3.8) is 0 Å². The molecule has 2 heterocycles. The molecule has 1 aliphatic rings. The highest BCUT2D eigenvalue weighted by Crippen LogP contribution is 2.31. The van der Waals surface area contributed by atoms with Gasteiger partial charge in [-0.25, -0.2) is 0 Å². The number of amidine groups is 1. The minimum Gasteiger partial charge on any atom is -0.379 e. The smallest absolute Gasteiger partial charge is 0.154 e. The molecule has 14 heavy (non-hydrogen) atoms. The third kappa shape index (κ3) is 2.04. The first-order valence-electron chi connectivity index (χ1n) is 4.31. The zero-order valence-corrected chi connectivity index (χ0v) is 9.21. The van der Waals surface area contributed by atoms with Crippen LogP contribution in [0.4, 0.5) is 0 Å². The number of aliphatic imine (C=N–C) groups is 1. The maximum absolute atomic E-state index is 5.61. The lowest BCUT2D eigenvalue weighted by atomic mass is 10.1. The lowest BCUT2D eigenvalue weighted by Crippen LogP contribution is -2.12. The molecule has 3 nitrogen and oxygen atoms in total. The molecule has 1 aromatic heterocycles. The lowest BCUT2D eigenvalue weighted by Gasteiger charge is -2.14. The zero-order valence-electron chi connectivity index (χ0n) is 7.50. The summed E-state index contributed by atoms with van der Waals surface area (Å²) in [5.74, 6) is 0.919. The Balaban J connectivity index is 2.13. The van der Waals surface area contributed by atoms with Gasteiger partial charge < -0.3 is 5.73 Å². The average molecular weight is 225 g/mol. The van der Waals surface area contributed by atoms with Crippen molar-refractivity contribution in [3.05, 3.63) is 30.1 Å². The molecule has 2 rings (SSSR count). The van der Waals surface area contributed by atoms with E-state index in [0.717, 1.165) is 11.3 Å². The van der Waals surface area contributed by atoms with Gasteiger partial charge in [0, 0.05) is 18.1 Å². The van der Waals surface area contributed by atoms with E-state index in [4.69, 9.17) is 5.73 Å². The maximum Gasteiger partial charge on any atom is 0.154 e. The van der Waals surface area contributed by atoms with Crippen LogP contribution in [0.3, 0.4) is 0 Å². The molecule has 0 bridgehead atoms. The Hall–Kier alpha value is -0.680. The normalized spacial score (nSPS) is 23.2. The van der Waals surface area contributed by atoms with Gasteiger partial charge in [-0.1, -0.05) is 11.8 Å². The summed E-state index contributed by atoms with van der Waals surface area (Å²) in [5.41, 5.74) is 6.75. The van der Waals surface area contributed by atoms with Crippen molar-refractivity contribution >= 4 is 29.6 Å². The zero-order chi connectivity index (χ0) is 9.97. The van der Waals surface area contributed by atoms with E-state index in [9.17, 15) is 0 Å². The van der Waals surface area contributed by atoms with Crippen molar-refractivity contribution in [2.24, 2.45) is 10.7 Å². The maximum atomic E-state index is 5.61. The first-order chi connectivity index (χ1) is 6.77. The van der Waals surface area contributed by atoms with Crippen molar-refractivity contribution < 1.29 is 0 Å². The van der Waals surface area contributed by atoms with Gasteiger partial charge in [-0.2, -0.15) is 12.6 Å². The van der Waals surface area contributed by atoms with Crippen molar-refractivity contribution in [1.82, 2.24) is 4.98 Å². The molecule has 0 amide bonds. The number of nitrogens with two attached hydrogens (primary N) is 1. The Kier molecular flexibility index (Phi) is 2.98. The van der Waals surface area contributed by atoms with E-state index in [0.29, 0.717) is 5.17 Å². The summed E-state index contributed by atoms with van der Waals surface area (Å²) >= 11 is 6.14. The van der Waals surface area contributed by atoms with E-state index in [1.165, 1.54) is 0 Å². The Morgan fingerprint density at radius 3 is 2.79 bits per heavy atom. The molecule has 0 radical (unpaired) electrons. The topological polar surface area (TPSA) is 51.3 Å². The summed E-state index contributed by atoms with van der Waals surface area (Å²) in [6.07, 6.45) is 3.54. The van der Waals surface area contributed by atoms with Gasteiger partial charge in [0.05, 0.1) is 11.3 Å². The standard InChI is InChI=1S/C9H11N3S2/c10-9-12-7(5-14-9)8(13)6-1-3-11-4-2-6/h1-4,7-8,13H,5H2,(H2,10,12). The van der Waals surface area contributed by atoms with Gasteiger partial charge in [-0.15, -0.1) is 0 Å². The molecule has 0 aromatic carbocycles. The number of thiol groups is 1. The number of hydrogen-bond donors (Lipinski definition) is 2. The van der Waals surface area contributed by atoms with Gasteiger partial charge in [0.2, 0.25) is 0 Å². The summed E-state index contributed by atoms with van der Waals surface area (Å²) in [5, 5.41) is 0.787. The second kappa shape index (κ2) is 4.23. The minimum atomic E-state index is 0.117. The fourth-order valence-corrected chi connectivity index (χ4v) is 2.66. The van der Waals surface area contributed by atoms with Gasteiger partial charge >= 0.3 is 0 Å². The highest BCUT2D eigenvalue weighted by atomic mass is 32.2. The molecule has 0 aliphatic carbocycles. The summed E-state index contributed by atoms with van der Waals surface area (Å²) in [4.78, 5) is 8.30. The molecular formula is C9H11N3S2. The average Bonchev–Trinajstić information content (AvgIpc) is 2.65. The first-order valence-corrected chi connectivity index (χ1v) is 5.81. The van der Waals surface area contributed by atoms with Crippen LogP contribution in [-0.4, -0.2) is 21.9 Å². The number of rotatable bonds is 2. The van der Waals surface area contributed by atoms with E-state index in [-0.39, 0.29) is 11.3 Å². The summed E-state index contributed by atoms with van der Waals surface area (Å²) < 4.78 is 0. The predicted octanol–water partition coefficient (Wildman–Crippen LogP) is 1.48.